The molecule has 2 N–H and O–H groups in total. The van der Waals surface area contributed by atoms with Crippen molar-refractivity contribution in [3.63, 3.8) is 0 Å². The quantitative estimate of drug-likeness (QED) is 0.728. The van der Waals surface area contributed by atoms with Gasteiger partial charge in [-0.1, -0.05) is 30.3 Å². The molecule has 1 saturated heterocycles. The van der Waals surface area contributed by atoms with Crippen LogP contribution in [0.1, 0.15) is 45.0 Å². The number of rotatable bonds is 4. The van der Waals surface area contributed by atoms with Crippen LogP contribution < -0.4 is 0 Å². The van der Waals surface area contributed by atoms with Gasteiger partial charge in [0.05, 0.1) is 11.1 Å². The van der Waals surface area contributed by atoms with Crippen molar-refractivity contribution in [3.8, 4) is 11.4 Å². The van der Waals surface area contributed by atoms with Gasteiger partial charge in [-0.2, -0.15) is 5.10 Å². The Labute approximate surface area is 162 Å². The normalized spacial score (nSPS) is 16.7. The Balaban J connectivity index is 1.55. The predicted octanol–water partition coefficient (Wildman–Crippen LogP) is 3.19. The summed E-state index contributed by atoms with van der Waals surface area (Å²) in [4.78, 5) is 30.3. The highest BCUT2D eigenvalue weighted by Crippen LogP contribution is 2.29. The van der Waals surface area contributed by atoms with E-state index in [0.717, 1.165) is 24.0 Å². The van der Waals surface area contributed by atoms with Gasteiger partial charge in [0.15, 0.2) is 5.82 Å². The molecule has 0 spiro atoms. The highest BCUT2D eigenvalue weighted by Gasteiger charge is 2.27. The number of hydrogen-bond acceptors (Lipinski definition) is 4. The van der Waals surface area contributed by atoms with Gasteiger partial charge in [-0.15, -0.1) is 0 Å². The fourth-order valence-corrected chi connectivity index (χ4v) is 3.71. The number of carbonyl (C=O) groups excluding carboxylic acids is 1. The lowest BCUT2D eigenvalue weighted by molar-refractivity contribution is 0.0693. The van der Waals surface area contributed by atoms with E-state index in [1.165, 1.54) is 6.33 Å². The van der Waals surface area contributed by atoms with Crippen LogP contribution in [0.5, 0.6) is 0 Å². The first kappa shape index (κ1) is 17.9. The number of aromatic amines is 1. The van der Waals surface area contributed by atoms with E-state index in [1.54, 1.807) is 12.1 Å². The van der Waals surface area contributed by atoms with Gasteiger partial charge >= 0.3 is 5.97 Å². The number of carboxylic acids is 1. The minimum atomic E-state index is -0.934. The molecular weight excluding hydrogens is 356 g/mol. The monoisotopic (exact) mass is 376 g/mol. The van der Waals surface area contributed by atoms with Gasteiger partial charge in [0, 0.05) is 24.6 Å². The summed E-state index contributed by atoms with van der Waals surface area (Å²) in [6.45, 7) is 1.31. The van der Waals surface area contributed by atoms with Crippen molar-refractivity contribution in [2.75, 3.05) is 13.1 Å². The van der Waals surface area contributed by atoms with Crippen molar-refractivity contribution in [2.45, 2.75) is 18.8 Å². The molecule has 2 aromatic carbocycles. The molecule has 142 valence electrons. The molecule has 0 radical (unpaired) electrons. The van der Waals surface area contributed by atoms with Crippen molar-refractivity contribution in [1.82, 2.24) is 20.1 Å². The molecule has 1 unspecified atom stereocenters. The van der Waals surface area contributed by atoms with Gasteiger partial charge < -0.3 is 10.0 Å². The van der Waals surface area contributed by atoms with Crippen molar-refractivity contribution >= 4 is 11.9 Å². The van der Waals surface area contributed by atoms with Crippen LogP contribution in [0.3, 0.4) is 0 Å². The first-order chi connectivity index (χ1) is 13.6. The maximum absolute atomic E-state index is 13.2. The van der Waals surface area contributed by atoms with Crippen LogP contribution in [0.25, 0.3) is 11.4 Å². The molecule has 1 aliphatic rings. The highest BCUT2D eigenvalue weighted by atomic mass is 16.4. The van der Waals surface area contributed by atoms with E-state index < -0.39 is 5.97 Å². The topological polar surface area (TPSA) is 99.2 Å². The Bertz CT molecular complexity index is 983. The summed E-state index contributed by atoms with van der Waals surface area (Å²) in [5, 5.41) is 15.8. The second kappa shape index (κ2) is 7.64. The molecule has 1 aromatic heterocycles. The van der Waals surface area contributed by atoms with E-state index in [2.05, 4.69) is 15.2 Å². The van der Waals surface area contributed by atoms with Crippen molar-refractivity contribution < 1.29 is 14.7 Å². The van der Waals surface area contributed by atoms with Crippen LogP contribution in [0, 0.1) is 0 Å². The predicted molar refractivity (Wildman–Crippen MR) is 103 cm³/mol. The second-order valence-corrected chi connectivity index (χ2v) is 6.90. The van der Waals surface area contributed by atoms with Gasteiger partial charge in [-0.05, 0) is 36.6 Å². The molecule has 7 nitrogen and oxygen atoms in total. The van der Waals surface area contributed by atoms with Crippen LogP contribution in [0.15, 0.2) is 54.9 Å². The first-order valence-electron chi connectivity index (χ1n) is 9.21. The van der Waals surface area contributed by atoms with Gasteiger partial charge in [0.25, 0.3) is 5.91 Å². The number of aromatic carboxylic acids is 1. The molecule has 1 atom stereocenters. The van der Waals surface area contributed by atoms with Crippen molar-refractivity contribution in [1.29, 1.82) is 0 Å². The zero-order valence-electron chi connectivity index (χ0n) is 15.2. The molecule has 0 bridgehead atoms. The first-order valence-corrected chi connectivity index (χ1v) is 9.21. The third-order valence-electron chi connectivity index (χ3n) is 5.17. The molecule has 1 amide bonds. The number of aromatic nitrogens is 3. The second-order valence-electron chi connectivity index (χ2n) is 6.90. The minimum Gasteiger partial charge on any atom is -0.478 e. The smallest absolute Gasteiger partial charge is 0.335 e. The van der Waals surface area contributed by atoms with E-state index >= 15 is 0 Å². The van der Waals surface area contributed by atoms with E-state index in [1.807, 2.05) is 41.3 Å². The number of nitrogens with zero attached hydrogens (tertiary/aromatic N) is 3. The van der Waals surface area contributed by atoms with E-state index in [4.69, 9.17) is 5.11 Å². The summed E-state index contributed by atoms with van der Waals surface area (Å²) in [5.74, 6) is -0.199. The summed E-state index contributed by atoms with van der Waals surface area (Å²) in [5.41, 5.74) is 2.67. The molecule has 0 aliphatic carbocycles. The molecule has 1 fully saturated rings. The SMILES string of the molecule is O=C(O)c1ccc(C2CCCN(C(=O)c3ccccc3-c3ncn[nH]3)C2)cc1. The number of benzene rings is 2. The number of carbonyl (C=O) groups is 2. The molecular formula is C21H20N4O3. The van der Waals surface area contributed by atoms with Crippen LogP contribution >= 0.6 is 0 Å². The largest absolute Gasteiger partial charge is 0.478 e. The molecule has 1 aliphatic heterocycles. The van der Waals surface area contributed by atoms with Crippen LogP contribution in [-0.2, 0) is 0 Å². The van der Waals surface area contributed by atoms with Crippen molar-refractivity contribution in [3.05, 3.63) is 71.5 Å². The number of carboxylic acid groups (broad SMARTS) is 1. The summed E-state index contributed by atoms with van der Waals surface area (Å²) >= 11 is 0. The van der Waals surface area contributed by atoms with Gasteiger partial charge in [0.2, 0.25) is 0 Å². The highest BCUT2D eigenvalue weighted by molar-refractivity contribution is 6.00. The van der Waals surface area contributed by atoms with E-state index in [9.17, 15) is 9.59 Å². The summed E-state index contributed by atoms with van der Waals surface area (Å²) in [6, 6.07) is 14.3. The average Bonchev–Trinajstić information content (AvgIpc) is 3.28. The Morgan fingerprint density at radius 2 is 1.89 bits per heavy atom. The molecule has 2 heterocycles. The number of amides is 1. The lowest BCUT2D eigenvalue weighted by Gasteiger charge is -2.33. The molecule has 4 rings (SSSR count). The summed E-state index contributed by atoms with van der Waals surface area (Å²) in [6.07, 6.45) is 3.30. The zero-order chi connectivity index (χ0) is 19.5. The van der Waals surface area contributed by atoms with Gasteiger partial charge in [-0.25, -0.2) is 9.78 Å². The van der Waals surface area contributed by atoms with Crippen LogP contribution in [-0.4, -0.2) is 50.2 Å². The lowest BCUT2D eigenvalue weighted by Crippen LogP contribution is -2.39. The van der Waals surface area contributed by atoms with Crippen molar-refractivity contribution in [2.24, 2.45) is 0 Å². The Morgan fingerprint density at radius 3 is 2.61 bits per heavy atom. The number of likely N-dealkylation sites (tertiary alicyclic amines) is 1. The number of nitrogens with one attached hydrogen (secondary N) is 1. The standard InChI is InChI=1S/C21H20N4O3/c26-20(18-6-2-1-5-17(18)19-22-13-23-24-19)25-11-3-4-16(12-25)14-7-9-15(10-8-14)21(27)28/h1-2,5-10,13,16H,3-4,11-12H2,(H,27,28)(H,22,23,24). The zero-order valence-corrected chi connectivity index (χ0v) is 15.2. The molecule has 0 saturated carbocycles. The summed E-state index contributed by atoms with van der Waals surface area (Å²) < 4.78 is 0. The van der Waals surface area contributed by atoms with Crippen LogP contribution in [0.2, 0.25) is 0 Å². The maximum atomic E-state index is 13.2. The number of piperidine rings is 1. The van der Waals surface area contributed by atoms with Crippen LogP contribution in [0.4, 0.5) is 0 Å². The summed E-state index contributed by atoms with van der Waals surface area (Å²) in [7, 11) is 0. The molecule has 3 aromatic rings. The van der Waals surface area contributed by atoms with E-state index in [0.29, 0.717) is 24.5 Å². The Kier molecular flexibility index (Phi) is 4.89. The lowest BCUT2D eigenvalue weighted by atomic mass is 9.89. The number of H-pyrrole nitrogens is 1. The third kappa shape index (κ3) is 3.51. The maximum Gasteiger partial charge on any atom is 0.335 e. The average molecular weight is 376 g/mol. The fourth-order valence-electron chi connectivity index (χ4n) is 3.71. The van der Waals surface area contributed by atoms with Gasteiger partial charge in [0.1, 0.15) is 6.33 Å². The third-order valence-corrected chi connectivity index (χ3v) is 5.17. The Morgan fingerprint density at radius 1 is 1.11 bits per heavy atom. The minimum absolute atomic E-state index is 0.0288. The molecule has 7 heteroatoms. The fraction of sp³-hybridized carbons (Fsp3) is 0.238. The van der Waals surface area contributed by atoms with E-state index in [-0.39, 0.29) is 17.4 Å². The number of hydrogen-bond donors (Lipinski definition) is 2. The Hall–Kier alpha value is -3.48. The van der Waals surface area contributed by atoms with Gasteiger partial charge in [-0.3, -0.25) is 9.89 Å². The molecule has 28 heavy (non-hydrogen) atoms.